The third kappa shape index (κ3) is 38.8. The van der Waals surface area contributed by atoms with E-state index in [2.05, 4.69) is 42.6 Å². The molecule has 0 spiro atoms. The number of rotatable bonds is 54. The van der Waals surface area contributed by atoms with Crippen LogP contribution >= 0.6 is 11.7 Å². The van der Waals surface area contributed by atoms with Crippen LogP contribution in [-0.2, 0) is 47.7 Å². The molecule has 0 saturated carbocycles. The van der Waals surface area contributed by atoms with Crippen LogP contribution in [0.4, 0.5) is 0 Å². The highest BCUT2D eigenvalue weighted by molar-refractivity contribution is 6.99. The number of likely N-dealkylation sites (N-methyl/N-ethyl adjacent to an activating group) is 1. The molecule has 1 unspecified atom stereocenters. The van der Waals surface area contributed by atoms with E-state index in [4.69, 9.17) is 28.4 Å². The minimum Gasteiger partial charge on any atom is -0.475 e. The van der Waals surface area contributed by atoms with E-state index in [1.807, 2.05) is 20.8 Å². The highest BCUT2D eigenvalue weighted by Gasteiger charge is 2.38. The Labute approximate surface area is 497 Å². The summed E-state index contributed by atoms with van der Waals surface area (Å²) in [7, 11) is 2.09. The number of aromatic nitrogens is 2. The van der Waals surface area contributed by atoms with Crippen LogP contribution in [0.15, 0.2) is 6.08 Å². The largest absolute Gasteiger partial charge is 0.475 e. The highest BCUT2D eigenvalue weighted by Crippen LogP contribution is 2.33. The Bertz CT molecular complexity index is 1780. The van der Waals surface area contributed by atoms with Crippen molar-refractivity contribution in [2.24, 2.45) is 5.41 Å². The maximum absolute atomic E-state index is 13.3. The van der Waals surface area contributed by atoms with E-state index >= 15 is 0 Å². The molecule has 0 bridgehead atoms. The van der Waals surface area contributed by atoms with Crippen molar-refractivity contribution in [3.63, 3.8) is 0 Å². The monoisotopic (exact) mass is 1160 g/mol. The standard InChI is InChI=1S/C66H118N3O11S/c1-8-11-14-17-19-21-23-25-27-29-31-34-38-45-59(70)77-54-58(55-78-60(71)46-39-35-32-30-28-26-24-22-20-18-15-12-9-2)80-61(72)47-40-36-33-37-42-49-75-62(73)51-66(5,6)52-63(74)79-56(4)69(7)48-43-44-57(53-69)64-65(68-81-67-64)76-50-41-16-13-10-3/h44,56,58H,8-43,45-55H2,1-7H3/q+1/t56-,69?/m1/s1. The number of carbonyl (C=O) groups is 5. The molecule has 0 radical (unpaired) electrons. The van der Waals surface area contributed by atoms with Gasteiger partial charge in [0.05, 0.1) is 51.4 Å². The molecular weight excluding hydrogens is 1040 g/mol. The van der Waals surface area contributed by atoms with Gasteiger partial charge in [-0.2, -0.15) is 4.37 Å². The number of hydrogen-bond acceptors (Lipinski definition) is 14. The lowest BCUT2D eigenvalue weighted by molar-refractivity contribution is -0.944. The molecule has 81 heavy (non-hydrogen) atoms. The van der Waals surface area contributed by atoms with Gasteiger partial charge in [-0.3, -0.25) is 28.5 Å². The van der Waals surface area contributed by atoms with E-state index < -0.39 is 23.7 Å². The second-order valence-corrected chi connectivity index (χ2v) is 25.0. The normalized spacial score (nSPS) is 14.8. The summed E-state index contributed by atoms with van der Waals surface area (Å²) in [6.45, 7) is 14.4. The van der Waals surface area contributed by atoms with Crippen molar-refractivity contribution in [3.05, 3.63) is 11.8 Å². The molecule has 0 fully saturated rings. The van der Waals surface area contributed by atoms with Gasteiger partial charge in [0.25, 0.3) is 5.88 Å². The number of unbranched alkanes of at least 4 members (excludes halogenated alkanes) is 31. The van der Waals surface area contributed by atoms with Gasteiger partial charge in [0.15, 0.2) is 6.10 Å². The van der Waals surface area contributed by atoms with E-state index in [1.165, 1.54) is 141 Å². The van der Waals surface area contributed by atoms with Crippen LogP contribution in [0, 0.1) is 5.41 Å². The molecule has 0 saturated heterocycles. The molecule has 0 N–H and O–H groups in total. The lowest BCUT2D eigenvalue weighted by atomic mass is 9.86. The molecule has 0 aromatic carbocycles. The highest BCUT2D eigenvalue weighted by atomic mass is 32.1. The molecule has 2 heterocycles. The van der Waals surface area contributed by atoms with Crippen molar-refractivity contribution >= 4 is 47.1 Å². The summed E-state index contributed by atoms with van der Waals surface area (Å²) < 4.78 is 44.0. The summed E-state index contributed by atoms with van der Waals surface area (Å²) in [4.78, 5) is 64.6. The van der Waals surface area contributed by atoms with Crippen molar-refractivity contribution in [3.8, 4) is 5.88 Å². The number of hydrogen-bond donors (Lipinski definition) is 0. The molecule has 14 nitrogen and oxygen atoms in total. The lowest BCUT2D eigenvalue weighted by Gasteiger charge is -2.41. The van der Waals surface area contributed by atoms with E-state index in [1.54, 1.807) is 0 Å². The van der Waals surface area contributed by atoms with Crippen LogP contribution in [0.3, 0.4) is 0 Å². The minimum atomic E-state index is -0.861. The summed E-state index contributed by atoms with van der Waals surface area (Å²) in [5.74, 6) is -1.19. The molecule has 15 heteroatoms. The lowest BCUT2D eigenvalue weighted by Crippen LogP contribution is -2.55. The first-order valence-corrected chi connectivity index (χ1v) is 33.8. The first kappa shape index (κ1) is 73.5. The molecular formula is C66H118N3O11S+. The first-order valence-electron chi connectivity index (χ1n) is 33.1. The van der Waals surface area contributed by atoms with Crippen molar-refractivity contribution in [1.29, 1.82) is 0 Å². The van der Waals surface area contributed by atoms with Gasteiger partial charge < -0.3 is 28.4 Å². The van der Waals surface area contributed by atoms with Crippen LogP contribution in [0.2, 0.25) is 0 Å². The van der Waals surface area contributed by atoms with Gasteiger partial charge in [-0.05, 0) is 37.5 Å². The SMILES string of the molecule is CCCCCCCCCCCCCCCC(=O)OCC(COC(=O)CCCCCCCCCCCCCCC)OC(=O)CCCCCCCOC(=O)CC(C)(C)CC(=O)O[C@H](C)[N+]1(C)CCC=C(c2nsnc2OCCCCCC)C1. The molecule has 1 aliphatic heterocycles. The average molecular weight is 1160 g/mol. The van der Waals surface area contributed by atoms with Gasteiger partial charge in [0.2, 0.25) is 6.23 Å². The maximum atomic E-state index is 13.3. The molecule has 468 valence electrons. The number of carbonyl (C=O) groups excluding carboxylic acids is 5. The second kappa shape index (κ2) is 47.7. The van der Waals surface area contributed by atoms with Crippen LogP contribution < -0.4 is 4.74 Å². The Morgan fingerprint density at radius 1 is 0.506 bits per heavy atom. The Kier molecular flexibility index (Phi) is 43.3. The fraction of sp³-hybridized carbons (Fsp3) is 0.864. The first-order chi connectivity index (χ1) is 39.2. The third-order valence-electron chi connectivity index (χ3n) is 15.9. The Balaban J connectivity index is 1.68. The van der Waals surface area contributed by atoms with E-state index in [-0.39, 0.29) is 63.0 Å². The minimum absolute atomic E-state index is 0.0830. The molecule has 1 aliphatic rings. The number of ether oxygens (including phenoxy) is 6. The zero-order valence-corrected chi connectivity index (χ0v) is 53.5. The Morgan fingerprint density at radius 3 is 1.40 bits per heavy atom. The van der Waals surface area contributed by atoms with E-state index in [0.29, 0.717) is 49.2 Å². The number of esters is 5. The van der Waals surface area contributed by atoms with E-state index in [9.17, 15) is 24.0 Å². The predicted octanol–water partition coefficient (Wildman–Crippen LogP) is 17.3. The summed E-state index contributed by atoms with van der Waals surface area (Å²) in [6, 6.07) is 0. The van der Waals surface area contributed by atoms with Crippen molar-refractivity contribution in [2.45, 2.75) is 317 Å². The van der Waals surface area contributed by atoms with Crippen LogP contribution in [-0.4, -0.2) is 102 Å². The molecule has 2 rings (SSSR count). The van der Waals surface area contributed by atoms with Gasteiger partial charge in [0.1, 0.15) is 25.5 Å². The van der Waals surface area contributed by atoms with E-state index in [0.717, 1.165) is 107 Å². The Morgan fingerprint density at radius 2 is 0.914 bits per heavy atom. The van der Waals surface area contributed by atoms with Gasteiger partial charge in [0, 0.05) is 38.2 Å². The third-order valence-corrected chi connectivity index (χ3v) is 16.4. The summed E-state index contributed by atoms with van der Waals surface area (Å²) in [5.41, 5.74) is 1.18. The van der Waals surface area contributed by atoms with Crippen molar-refractivity contribution in [1.82, 2.24) is 8.75 Å². The number of quaternary nitrogens is 1. The topological polar surface area (TPSA) is 167 Å². The summed E-state index contributed by atoms with van der Waals surface area (Å²) in [5, 5.41) is 0. The molecule has 0 amide bonds. The summed E-state index contributed by atoms with van der Waals surface area (Å²) in [6.07, 6.45) is 42.8. The predicted molar refractivity (Wildman–Crippen MR) is 328 cm³/mol. The zero-order valence-electron chi connectivity index (χ0n) is 52.7. The molecule has 1 aromatic rings. The Hall–Kier alpha value is -3.59. The average Bonchev–Trinajstić information content (AvgIpc) is 3.92. The quantitative estimate of drug-likeness (QED) is 0.0262. The molecule has 2 atom stereocenters. The van der Waals surface area contributed by atoms with Crippen LogP contribution in [0.1, 0.15) is 310 Å². The van der Waals surface area contributed by atoms with Crippen LogP contribution in [0.5, 0.6) is 5.88 Å². The van der Waals surface area contributed by atoms with Gasteiger partial charge in [-0.25, -0.2) is 0 Å². The van der Waals surface area contributed by atoms with Crippen molar-refractivity contribution < 1.29 is 56.9 Å². The van der Waals surface area contributed by atoms with Crippen molar-refractivity contribution in [2.75, 3.05) is 46.6 Å². The number of nitrogens with zero attached hydrogens (tertiary/aromatic N) is 3. The molecule has 1 aromatic heterocycles. The fourth-order valence-electron chi connectivity index (χ4n) is 10.5. The maximum Gasteiger partial charge on any atom is 0.310 e. The van der Waals surface area contributed by atoms with Crippen LogP contribution in [0.25, 0.3) is 5.57 Å². The fourth-order valence-corrected chi connectivity index (χ4v) is 11.0. The molecule has 0 aliphatic carbocycles. The smallest absolute Gasteiger partial charge is 0.310 e. The van der Waals surface area contributed by atoms with Gasteiger partial charge >= 0.3 is 29.8 Å². The summed E-state index contributed by atoms with van der Waals surface area (Å²) >= 11 is 1.15. The second-order valence-electron chi connectivity index (χ2n) is 24.5. The van der Waals surface area contributed by atoms with Gasteiger partial charge in [-0.1, -0.05) is 233 Å². The van der Waals surface area contributed by atoms with Gasteiger partial charge in [-0.15, -0.1) is 4.37 Å². The zero-order chi connectivity index (χ0) is 59.1.